The van der Waals surface area contributed by atoms with Gasteiger partial charge in [-0.05, 0) is 76.4 Å². The van der Waals surface area contributed by atoms with E-state index in [2.05, 4.69) is 54.6 Å². The molecule has 2 fully saturated rings. The number of hydrogen-bond donors (Lipinski definition) is 2. The molecule has 0 bridgehead atoms. The van der Waals surface area contributed by atoms with Gasteiger partial charge in [-0.25, -0.2) is 18.9 Å². The summed E-state index contributed by atoms with van der Waals surface area (Å²) in [6, 6.07) is 29.4. The molecular formula is C58H74N9O12PSi. The van der Waals surface area contributed by atoms with Gasteiger partial charge in [0.05, 0.1) is 37.5 Å². The summed E-state index contributed by atoms with van der Waals surface area (Å²) < 4.78 is 54.4. The minimum absolute atomic E-state index is 0.00904. The molecule has 2 saturated heterocycles. The quantitative estimate of drug-likeness (QED) is 0.0216. The van der Waals surface area contributed by atoms with Gasteiger partial charge in [-0.3, -0.25) is 33.5 Å². The summed E-state index contributed by atoms with van der Waals surface area (Å²) >= 11 is 0. The third-order valence-corrected chi connectivity index (χ3v) is 21.7. The molecule has 6 aromatic rings. The molecule has 21 nitrogen and oxygen atoms in total. The van der Waals surface area contributed by atoms with E-state index in [0.717, 1.165) is 32.4 Å². The third kappa shape index (κ3) is 13.4. The van der Waals surface area contributed by atoms with Crippen LogP contribution in [0.1, 0.15) is 114 Å². The molecule has 0 radical (unpaired) electrons. The molecule has 5 heterocycles. The van der Waals surface area contributed by atoms with E-state index in [1.165, 1.54) is 40.7 Å². The smallest absolute Gasteiger partial charge is 0.330 e. The maximum Gasteiger partial charge on any atom is 0.330 e. The van der Waals surface area contributed by atoms with Crippen LogP contribution in [-0.4, -0.2) is 109 Å². The monoisotopic (exact) mass is 1150 g/mol. The van der Waals surface area contributed by atoms with Crippen molar-refractivity contribution >= 4 is 22.8 Å². The van der Waals surface area contributed by atoms with Crippen LogP contribution in [0.3, 0.4) is 0 Å². The summed E-state index contributed by atoms with van der Waals surface area (Å²) in [6.07, 6.45) is -3.13. The second-order valence-electron chi connectivity index (χ2n) is 22.7. The van der Waals surface area contributed by atoms with Crippen molar-refractivity contribution in [3.05, 3.63) is 185 Å². The van der Waals surface area contributed by atoms with Crippen LogP contribution in [0, 0.1) is 25.2 Å². The number of ether oxygens (including phenoxy) is 4. The molecule has 3 aromatic heterocycles. The number of H-pyrrole nitrogens is 2. The Morgan fingerprint density at radius 2 is 1.31 bits per heavy atom. The number of aryl methyl sites for hydroxylation is 2. The minimum Gasteiger partial charge on any atom is -0.455 e. The van der Waals surface area contributed by atoms with E-state index < -0.39 is 99.9 Å². The standard InChI is InChI=1S/C58H74N9O12PSi/c1-36(2)67(37(3)4)80(74-32-16-29-59)78-50-45(76-54(65-31-28-48(70)61-56(65)72)52(50)79-81(11,12)57(8,9)10)33-44-34-66(63-62-44)49-46(77-53(51(49)75-40(7)68)64-30-27-47(69)60-55(64)71)35-73-58(41-17-14-13-15-18-41,42-23-19-38(5)20-24-42)43-25-21-39(6)22-26-43/h13-15,17-28,30-31,34,36-37,45-46,49-54H,16,32-33,35H2,1-12H3,(H,60,69,71)(H,61,70,72)/t45-,46-,49-,50-,51-,52-,53-,54-,80?/m1/s1. The number of nitrogens with zero attached hydrogens (tertiary/aromatic N) is 7. The van der Waals surface area contributed by atoms with Gasteiger partial charge >= 0.3 is 17.3 Å². The van der Waals surface area contributed by atoms with E-state index in [1.54, 1.807) is 6.20 Å². The number of carbonyl (C=O) groups is 1. The zero-order valence-electron chi connectivity index (χ0n) is 48.0. The van der Waals surface area contributed by atoms with Crippen molar-refractivity contribution in [2.75, 3.05) is 13.2 Å². The number of nitriles is 1. The second kappa shape index (κ2) is 25.3. The average Bonchev–Trinajstić information content (AvgIpc) is 4.15. The van der Waals surface area contributed by atoms with Crippen LogP contribution in [0.25, 0.3) is 0 Å². The van der Waals surface area contributed by atoms with Gasteiger partial charge in [-0.15, -0.1) is 5.10 Å². The number of hydrogen-bond acceptors (Lipinski definition) is 16. The van der Waals surface area contributed by atoms with Crippen LogP contribution in [0.2, 0.25) is 18.1 Å². The summed E-state index contributed by atoms with van der Waals surface area (Å²) in [5.74, 6) is -0.683. The lowest BCUT2D eigenvalue weighted by Gasteiger charge is -2.42. The molecule has 23 heteroatoms. The van der Waals surface area contributed by atoms with Gasteiger partial charge in [0.2, 0.25) is 0 Å². The highest BCUT2D eigenvalue weighted by Crippen LogP contribution is 2.52. The van der Waals surface area contributed by atoms with Gasteiger partial charge in [0.25, 0.3) is 19.6 Å². The van der Waals surface area contributed by atoms with Gasteiger partial charge < -0.3 is 32.4 Å². The van der Waals surface area contributed by atoms with Gasteiger partial charge in [-0.1, -0.05) is 116 Å². The zero-order valence-corrected chi connectivity index (χ0v) is 49.9. The normalized spacial score (nSPS) is 21.9. The Labute approximate surface area is 473 Å². The lowest BCUT2D eigenvalue weighted by Crippen LogP contribution is -2.50. The molecule has 1 unspecified atom stereocenters. The number of nitrogens with one attached hydrogen (secondary N) is 2. The van der Waals surface area contributed by atoms with Crippen molar-refractivity contribution in [3.63, 3.8) is 0 Å². The fourth-order valence-corrected chi connectivity index (χ4v) is 13.3. The maximum atomic E-state index is 13.8. The zero-order chi connectivity index (χ0) is 58.6. The molecule has 3 aromatic carbocycles. The molecule has 8 rings (SSSR count). The van der Waals surface area contributed by atoms with E-state index in [0.29, 0.717) is 5.69 Å². The van der Waals surface area contributed by atoms with Crippen LogP contribution >= 0.6 is 8.53 Å². The highest BCUT2D eigenvalue weighted by atomic mass is 31.2. The number of aromatic amines is 2. The Morgan fingerprint density at radius 3 is 1.81 bits per heavy atom. The third-order valence-electron chi connectivity index (χ3n) is 15.1. The lowest BCUT2D eigenvalue weighted by molar-refractivity contribution is -0.154. The summed E-state index contributed by atoms with van der Waals surface area (Å²) in [6.45, 7) is 23.7. The Hall–Kier alpha value is -6.51. The van der Waals surface area contributed by atoms with Gasteiger partial charge in [0.15, 0.2) is 26.9 Å². The second-order valence-corrected chi connectivity index (χ2v) is 28.8. The van der Waals surface area contributed by atoms with Crippen molar-refractivity contribution in [1.29, 1.82) is 5.26 Å². The molecule has 0 amide bonds. The van der Waals surface area contributed by atoms with Gasteiger partial charge in [0.1, 0.15) is 30.0 Å². The summed E-state index contributed by atoms with van der Waals surface area (Å²) in [4.78, 5) is 70.4. The summed E-state index contributed by atoms with van der Waals surface area (Å²) in [5.41, 5.74) is 0.926. The SMILES string of the molecule is CC(=O)O[C@@H]1[C@H](n2cc(C[C@H]3O[C@@H](n4ccc(=O)[nH]c4=O)[C@H](O[Si](C)(C)C(C)(C)C)[C@@H]3OP(OCCC#N)N(C(C)C)C(C)C)nn2)[C@@H](COC(c2ccccc2)(c2ccc(C)cc2)c2ccc(C)cc2)O[C@H]1n1ccc(=O)[nH]c1=O. The van der Waals surface area contributed by atoms with Gasteiger partial charge in [-0.2, -0.15) is 5.26 Å². The predicted octanol–water partition coefficient (Wildman–Crippen LogP) is 7.87. The van der Waals surface area contributed by atoms with E-state index in [9.17, 15) is 29.2 Å². The minimum atomic E-state index is -2.75. The van der Waals surface area contributed by atoms with Crippen molar-refractivity contribution in [2.45, 2.75) is 167 Å². The number of carbonyl (C=O) groups excluding carboxylic acids is 1. The fraction of sp³-hybridized carbons (Fsp3) is 0.483. The molecule has 0 spiro atoms. The number of rotatable bonds is 22. The predicted molar refractivity (Wildman–Crippen MR) is 306 cm³/mol. The molecule has 2 aliphatic heterocycles. The number of aromatic nitrogens is 7. The Morgan fingerprint density at radius 1 is 0.778 bits per heavy atom. The highest BCUT2D eigenvalue weighted by Gasteiger charge is 2.55. The Bertz CT molecular complexity index is 3330. The summed E-state index contributed by atoms with van der Waals surface area (Å²) in [5, 5.41) is 18.7. The van der Waals surface area contributed by atoms with Crippen molar-refractivity contribution in [1.82, 2.24) is 38.8 Å². The highest BCUT2D eigenvalue weighted by molar-refractivity contribution is 7.44. The van der Waals surface area contributed by atoms with Crippen molar-refractivity contribution in [3.8, 4) is 6.07 Å². The Kier molecular flexibility index (Phi) is 18.9. The molecule has 81 heavy (non-hydrogen) atoms. The van der Waals surface area contributed by atoms with Crippen LogP contribution in [0.5, 0.6) is 0 Å². The van der Waals surface area contributed by atoms with Crippen LogP contribution in [-0.2, 0) is 49.2 Å². The molecular weight excluding hydrogens is 1070 g/mol. The van der Waals surface area contributed by atoms with E-state index in [1.807, 2.05) is 120 Å². The van der Waals surface area contributed by atoms with Crippen LogP contribution < -0.4 is 22.5 Å². The topological polar surface area (TPSA) is 249 Å². The molecule has 9 atom stereocenters. The van der Waals surface area contributed by atoms with E-state index in [4.69, 9.17) is 42.7 Å². The largest absolute Gasteiger partial charge is 0.455 e. The first-order valence-electron chi connectivity index (χ1n) is 27.2. The first kappa shape index (κ1) is 60.6. The van der Waals surface area contributed by atoms with Crippen LogP contribution in [0.15, 0.2) is 129 Å². The Balaban J connectivity index is 1.25. The van der Waals surface area contributed by atoms with Crippen molar-refractivity contribution in [2.24, 2.45) is 0 Å². The molecule has 0 saturated carbocycles. The first-order chi connectivity index (χ1) is 38.4. The number of benzene rings is 3. The van der Waals surface area contributed by atoms with Gasteiger partial charge in [0, 0.05) is 56.2 Å². The summed E-state index contributed by atoms with van der Waals surface area (Å²) in [7, 11) is -4.67. The lowest BCUT2D eigenvalue weighted by atomic mass is 9.79. The van der Waals surface area contributed by atoms with E-state index in [-0.39, 0.29) is 43.2 Å². The molecule has 0 aliphatic carbocycles. The molecule has 432 valence electrons. The molecule has 2 N–H and O–H groups in total. The first-order valence-corrected chi connectivity index (χ1v) is 31.2. The average molecular weight is 1150 g/mol. The van der Waals surface area contributed by atoms with Crippen LogP contribution in [0.4, 0.5) is 0 Å². The van der Waals surface area contributed by atoms with E-state index >= 15 is 0 Å². The molecule has 2 aliphatic rings. The maximum absolute atomic E-state index is 13.8. The number of esters is 1. The van der Waals surface area contributed by atoms with Crippen molar-refractivity contribution < 1.29 is 37.2 Å². The fourth-order valence-electron chi connectivity index (χ4n) is 10.2.